The van der Waals surface area contributed by atoms with E-state index >= 15 is 0 Å². The first-order chi connectivity index (χ1) is 9.77. The summed E-state index contributed by atoms with van der Waals surface area (Å²) < 4.78 is 31.4. The summed E-state index contributed by atoms with van der Waals surface area (Å²) in [5.41, 5.74) is 0. The Kier molecular flexibility index (Phi) is 4.57. The van der Waals surface area contributed by atoms with E-state index in [0.717, 1.165) is 4.31 Å². The molecule has 1 saturated heterocycles. The molecular weight excluding hydrogens is 366 g/mol. The van der Waals surface area contributed by atoms with Crippen molar-refractivity contribution in [3.05, 3.63) is 22.7 Å². The van der Waals surface area contributed by atoms with Gasteiger partial charge in [-0.1, -0.05) is 0 Å². The van der Waals surface area contributed by atoms with Crippen molar-refractivity contribution < 1.29 is 28.2 Å². The maximum atomic E-state index is 12.5. The second-order valence-corrected chi connectivity index (χ2v) is 7.36. The standard InChI is InChI=1S/C12H14BrNO6S/c1-20-11-3-2-8(5-9(11)13)21(18,19)14-6-7(15)4-10(14)12(16)17/h2-3,5,7,10,15H,4,6H2,1H3,(H,16,17)/t7?,10-/m0/s1. The maximum Gasteiger partial charge on any atom is 0.322 e. The van der Waals surface area contributed by atoms with E-state index in [1.54, 1.807) is 0 Å². The normalized spacial score (nSPS) is 23.2. The minimum absolute atomic E-state index is 0.0597. The Morgan fingerprint density at radius 3 is 2.67 bits per heavy atom. The van der Waals surface area contributed by atoms with Crippen LogP contribution in [0.2, 0.25) is 0 Å². The third kappa shape index (κ3) is 3.05. The predicted molar refractivity (Wildman–Crippen MR) is 76.6 cm³/mol. The van der Waals surface area contributed by atoms with Crippen LogP contribution in [0.25, 0.3) is 0 Å². The number of halogens is 1. The molecule has 2 N–H and O–H groups in total. The maximum absolute atomic E-state index is 12.5. The summed E-state index contributed by atoms with van der Waals surface area (Å²) in [7, 11) is -2.56. The highest BCUT2D eigenvalue weighted by Crippen LogP contribution is 2.31. The van der Waals surface area contributed by atoms with Crippen LogP contribution in [-0.2, 0) is 14.8 Å². The molecule has 0 aromatic heterocycles. The number of carboxylic acid groups (broad SMARTS) is 1. The zero-order valence-corrected chi connectivity index (χ0v) is 13.5. The molecular formula is C12H14BrNO6S. The van der Waals surface area contributed by atoms with Gasteiger partial charge in [-0.05, 0) is 34.1 Å². The quantitative estimate of drug-likeness (QED) is 0.796. The van der Waals surface area contributed by atoms with Crippen LogP contribution in [0.1, 0.15) is 6.42 Å². The molecule has 1 unspecified atom stereocenters. The van der Waals surface area contributed by atoms with E-state index in [0.29, 0.717) is 10.2 Å². The van der Waals surface area contributed by atoms with Crippen molar-refractivity contribution in [3.63, 3.8) is 0 Å². The smallest absolute Gasteiger partial charge is 0.322 e. The molecule has 9 heteroatoms. The molecule has 1 aromatic rings. The van der Waals surface area contributed by atoms with Gasteiger partial charge in [0, 0.05) is 13.0 Å². The van der Waals surface area contributed by atoms with Gasteiger partial charge in [-0.2, -0.15) is 4.31 Å². The zero-order chi connectivity index (χ0) is 15.8. The van der Waals surface area contributed by atoms with Gasteiger partial charge in [0.1, 0.15) is 11.8 Å². The summed E-state index contributed by atoms with van der Waals surface area (Å²) in [6, 6.07) is 2.89. The van der Waals surface area contributed by atoms with Gasteiger partial charge in [-0.15, -0.1) is 0 Å². The Morgan fingerprint density at radius 2 is 2.14 bits per heavy atom. The molecule has 2 rings (SSSR count). The first-order valence-electron chi connectivity index (χ1n) is 6.03. The number of ether oxygens (including phenoxy) is 1. The van der Waals surface area contributed by atoms with Crippen molar-refractivity contribution in [3.8, 4) is 5.75 Å². The van der Waals surface area contributed by atoms with Gasteiger partial charge >= 0.3 is 5.97 Å². The van der Waals surface area contributed by atoms with E-state index in [-0.39, 0.29) is 17.9 Å². The fourth-order valence-corrected chi connectivity index (χ4v) is 4.57. The molecule has 21 heavy (non-hydrogen) atoms. The lowest BCUT2D eigenvalue weighted by Gasteiger charge is -2.21. The van der Waals surface area contributed by atoms with E-state index < -0.39 is 28.1 Å². The number of carbonyl (C=O) groups is 1. The van der Waals surface area contributed by atoms with Crippen LogP contribution in [0, 0.1) is 0 Å². The molecule has 1 heterocycles. The van der Waals surface area contributed by atoms with Crippen LogP contribution in [-0.4, -0.2) is 54.7 Å². The average molecular weight is 380 g/mol. The van der Waals surface area contributed by atoms with Crippen LogP contribution in [0.5, 0.6) is 5.75 Å². The number of β-amino-alcohol motifs (C(OH)–C–C–N with tert-alkyl or cyclic N) is 1. The molecule has 7 nitrogen and oxygen atoms in total. The minimum atomic E-state index is -4.01. The van der Waals surface area contributed by atoms with Crippen LogP contribution in [0.3, 0.4) is 0 Å². The fraction of sp³-hybridized carbons (Fsp3) is 0.417. The molecule has 0 radical (unpaired) electrons. The van der Waals surface area contributed by atoms with E-state index in [9.17, 15) is 18.3 Å². The van der Waals surface area contributed by atoms with Crippen molar-refractivity contribution in [2.24, 2.45) is 0 Å². The van der Waals surface area contributed by atoms with Crippen molar-refractivity contribution in [2.45, 2.75) is 23.5 Å². The summed E-state index contributed by atoms with van der Waals surface area (Å²) in [4.78, 5) is 11.1. The van der Waals surface area contributed by atoms with Gasteiger partial charge < -0.3 is 14.9 Å². The third-order valence-electron chi connectivity index (χ3n) is 3.25. The minimum Gasteiger partial charge on any atom is -0.496 e. The highest BCUT2D eigenvalue weighted by atomic mass is 79.9. The number of aliphatic hydroxyl groups excluding tert-OH is 1. The third-order valence-corrected chi connectivity index (χ3v) is 5.74. The second kappa shape index (κ2) is 5.91. The average Bonchev–Trinajstić information content (AvgIpc) is 2.81. The summed E-state index contributed by atoms with van der Waals surface area (Å²) in [5.74, 6) is -0.812. The molecule has 116 valence electrons. The molecule has 1 aromatic carbocycles. The number of aliphatic hydroxyl groups is 1. The van der Waals surface area contributed by atoms with Crippen LogP contribution in [0.15, 0.2) is 27.6 Å². The lowest BCUT2D eigenvalue weighted by molar-refractivity contribution is -0.140. The van der Waals surface area contributed by atoms with Crippen LogP contribution in [0.4, 0.5) is 0 Å². The Labute approximate surface area is 130 Å². The first-order valence-corrected chi connectivity index (χ1v) is 8.27. The molecule has 2 atom stereocenters. The number of carboxylic acids is 1. The summed E-state index contributed by atoms with van der Waals surface area (Å²) in [5, 5.41) is 18.7. The van der Waals surface area contributed by atoms with Crippen molar-refractivity contribution >= 4 is 31.9 Å². The Morgan fingerprint density at radius 1 is 1.48 bits per heavy atom. The van der Waals surface area contributed by atoms with E-state index in [4.69, 9.17) is 9.84 Å². The molecule has 1 fully saturated rings. The monoisotopic (exact) mass is 379 g/mol. The Bertz CT molecular complexity index is 662. The number of hydrogen-bond donors (Lipinski definition) is 2. The number of nitrogens with zero attached hydrogens (tertiary/aromatic N) is 1. The van der Waals surface area contributed by atoms with Gasteiger partial charge in [-0.3, -0.25) is 4.79 Å². The molecule has 0 amide bonds. The largest absolute Gasteiger partial charge is 0.496 e. The number of sulfonamides is 1. The van der Waals surface area contributed by atoms with Gasteiger partial charge in [0.05, 0.1) is 22.6 Å². The molecule has 1 aliphatic rings. The van der Waals surface area contributed by atoms with Gasteiger partial charge in [0.25, 0.3) is 0 Å². The Balaban J connectivity index is 2.42. The van der Waals surface area contributed by atoms with Gasteiger partial charge in [0.15, 0.2) is 0 Å². The lowest BCUT2D eigenvalue weighted by atomic mass is 10.2. The van der Waals surface area contributed by atoms with Crippen molar-refractivity contribution in [1.29, 1.82) is 0 Å². The summed E-state index contributed by atoms with van der Waals surface area (Å²) in [6.07, 6.45) is -1.10. The number of benzene rings is 1. The number of methoxy groups -OCH3 is 1. The SMILES string of the molecule is COc1ccc(S(=O)(=O)N2CC(O)C[C@H]2C(=O)O)cc1Br. The predicted octanol–water partition coefficient (Wildman–Crippen LogP) is 0.666. The number of aliphatic carboxylic acids is 1. The van der Waals surface area contributed by atoms with E-state index in [1.165, 1.54) is 25.3 Å². The molecule has 0 bridgehead atoms. The van der Waals surface area contributed by atoms with Crippen molar-refractivity contribution in [2.75, 3.05) is 13.7 Å². The number of rotatable bonds is 4. The van der Waals surface area contributed by atoms with E-state index in [2.05, 4.69) is 15.9 Å². The Hall–Kier alpha value is -1.16. The fourth-order valence-electron chi connectivity index (χ4n) is 2.22. The molecule has 0 saturated carbocycles. The zero-order valence-electron chi connectivity index (χ0n) is 11.1. The second-order valence-electron chi connectivity index (χ2n) is 4.61. The summed E-state index contributed by atoms with van der Waals surface area (Å²) >= 11 is 3.19. The topological polar surface area (TPSA) is 104 Å². The first kappa shape index (κ1) is 16.2. The summed E-state index contributed by atoms with van der Waals surface area (Å²) in [6.45, 7) is -0.233. The van der Waals surface area contributed by atoms with Crippen LogP contribution >= 0.6 is 15.9 Å². The van der Waals surface area contributed by atoms with Gasteiger partial charge in [-0.25, -0.2) is 8.42 Å². The molecule has 0 aliphatic carbocycles. The number of hydrogen-bond acceptors (Lipinski definition) is 5. The van der Waals surface area contributed by atoms with Crippen molar-refractivity contribution in [1.82, 2.24) is 4.31 Å². The van der Waals surface area contributed by atoms with Gasteiger partial charge in [0.2, 0.25) is 10.0 Å². The highest BCUT2D eigenvalue weighted by molar-refractivity contribution is 9.10. The highest BCUT2D eigenvalue weighted by Gasteiger charge is 2.43. The lowest BCUT2D eigenvalue weighted by Crippen LogP contribution is -2.40. The van der Waals surface area contributed by atoms with Crippen LogP contribution < -0.4 is 4.74 Å². The molecule has 1 aliphatic heterocycles. The van der Waals surface area contributed by atoms with E-state index in [1.807, 2.05) is 0 Å². The molecule has 0 spiro atoms.